The number of nitrogens with two attached hydrogens (primary N) is 1. The summed E-state index contributed by atoms with van der Waals surface area (Å²) in [5.74, 6) is 0. The minimum Gasteiger partial charge on any atom is -0.399 e. The fraction of sp³-hybridized carbons (Fsp3) is 0.583. The van der Waals surface area contributed by atoms with Crippen molar-refractivity contribution in [2.24, 2.45) is 11.1 Å². The van der Waals surface area contributed by atoms with Crippen LogP contribution in [-0.4, -0.2) is 0 Å². The van der Waals surface area contributed by atoms with Crippen molar-refractivity contribution in [3.05, 3.63) is 23.4 Å². The first-order chi connectivity index (χ1) is 6.39. The summed E-state index contributed by atoms with van der Waals surface area (Å²) in [4.78, 5) is 0. The van der Waals surface area contributed by atoms with Gasteiger partial charge in [0.2, 0.25) is 0 Å². The predicted molar refractivity (Wildman–Crippen MR) is 60.3 cm³/mol. The van der Waals surface area contributed by atoms with Gasteiger partial charge in [0.15, 0.2) is 0 Å². The molecule has 0 spiro atoms. The van der Waals surface area contributed by atoms with Crippen molar-refractivity contribution < 1.29 is 0 Å². The van der Waals surface area contributed by atoms with Crippen LogP contribution in [0.4, 0.5) is 0 Å². The van der Waals surface area contributed by atoms with E-state index in [2.05, 4.69) is 26.8 Å². The average molecular weight is 192 g/mol. The molecule has 0 aromatic heterocycles. The largest absolute Gasteiger partial charge is 0.399 e. The summed E-state index contributed by atoms with van der Waals surface area (Å²) in [6, 6.07) is 2.19. The molecule has 0 bridgehead atoms. The fourth-order valence-corrected chi connectivity index (χ4v) is 1.19. The Morgan fingerprint density at radius 2 is 2.00 bits per heavy atom. The van der Waals surface area contributed by atoms with Crippen LogP contribution in [0.25, 0.3) is 0 Å². The third kappa shape index (κ3) is 6.30. The van der Waals surface area contributed by atoms with Crippen molar-refractivity contribution in [3.8, 4) is 6.07 Å². The molecule has 0 amide bonds. The van der Waals surface area contributed by atoms with Gasteiger partial charge >= 0.3 is 0 Å². The maximum absolute atomic E-state index is 8.91. The van der Waals surface area contributed by atoms with Gasteiger partial charge in [-0.25, -0.2) is 0 Å². The highest BCUT2D eigenvalue weighted by molar-refractivity contribution is 5.30. The van der Waals surface area contributed by atoms with Gasteiger partial charge in [0.25, 0.3) is 0 Å². The van der Waals surface area contributed by atoms with Crippen LogP contribution in [0, 0.1) is 16.7 Å². The van der Waals surface area contributed by atoms with Gasteiger partial charge in [-0.15, -0.1) is 0 Å². The van der Waals surface area contributed by atoms with E-state index in [1.54, 1.807) is 6.08 Å². The summed E-state index contributed by atoms with van der Waals surface area (Å²) in [7, 11) is 0. The van der Waals surface area contributed by atoms with Crippen molar-refractivity contribution in [1.29, 1.82) is 5.26 Å². The molecule has 0 heterocycles. The highest BCUT2D eigenvalue weighted by Crippen LogP contribution is 2.23. The molecule has 0 aliphatic rings. The van der Waals surface area contributed by atoms with Crippen LogP contribution in [0.5, 0.6) is 0 Å². The van der Waals surface area contributed by atoms with Crippen molar-refractivity contribution in [1.82, 2.24) is 0 Å². The molecular weight excluding hydrogens is 172 g/mol. The molecule has 0 rings (SSSR count). The molecule has 2 N–H and O–H groups in total. The molecule has 0 radical (unpaired) electrons. The Bertz CT molecular complexity index is 272. The van der Waals surface area contributed by atoms with Crippen LogP contribution in [0.3, 0.4) is 0 Å². The van der Waals surface area contributed by atoms with Crippen LogP contribution in [0.2, 0.25) is 0 Å². The second kappa shape index (κ2) is 5.49. The van der Waals surface area contributed by atoms with E-state index in [0.717, 1.165) is 18.4 Å². The van der Waals surface area contributed by atoms with Gasteiger partial charge in [-0.2, -0.15) is 5.26 Å². The maximum Gasteiger partial charge on any atom is 0.0948 e. The first-order valence-electron chi connectivity index (χ1n) is 4.95. The SMILES string of the molecule is CC/C=C(N)\C=C(\C#N)CC(C)(C)C. The summed E-state index contributed by atoms with van der Waals surface area (Å²) < 4.78 is 0. The van der Waals surface area contributed by atoms with Crippen LogP contribution in [0.15, 0.2) is 23.4 Å². The zero-order chi connectivity index (χ0) is 11.2. The molecule has 0 saturated carbocycles. The topological polar surface area (TPSA) is 49.8 Å². The highest BCUT2D eigenvalue weighted by atomic mass is 14.6. The molecule has 0 fully saturated rings. The third-order valence-electron chi connectivity index (χ3n) is 1.65. The van der Waals surface area contributed by atoms with Gasteiger partial charge in [0.05, 0.1) is 6.07 Å². The normalized spacial score (nSPS) is 13.9. The maximum atomic E-state index is 8.91. The number of hydrogen-bond acceptors (Lipinski definition) is 2. The van der Waals surface area contributed by atoms with Gasteiger partial charge in [-0.1, -0.05) is 33.8 Å². The molecule has 2 nitrogen and oxygen atoms in total. The average Bonchev–Trinajstić information content (AvgIpc) is 2.01. The van der Waals surface area contributed by atoms with Crippen molar-refractivity contribution in [2.45, 2.75) is 40.5 Å². The van der Waals surface area contributed by atoms with E-state index in [4.69, 9.17) is 11.0 Å². The molecular formula is C12H20N2. The molecule has 0 unspecified atom stereocenters. The number of allylic oxidation sites excluding steroid dienone is 3. The van der Waals surface area contributed by atoms with E-state index in [-0.39, 0.29) is 5.41 Å². The Labute approximate surface area is 87.1 Å². The Balaban J connectivity index is 4.59. The number of nitrogens with zero attached hydrogens (tertiary/aromatic N) is 1. The van der Waals surface area contributed by atoms with Gasteiger partial charge in [-0.3, -0.25) is 0 Å². The van der Waals surface area contributed by atoms with E-state index >= 15 is 0 Å². The number of nitriles is 1. The first-order valence-corrected chi connectivity index (χ1v) is 4.95. The summed E-state index contributed by atoms with van der Waals surface area (Å²) in [6.07, 6.45) is 5.35. The second-order valence-corrected chi connectivity index (χ2v) is 4.63. The van der Waals surface area contributed by atoms with E-state index in [1.165, 1.54) is 0 Å². The first kappa shape index (κ1) is 12.8. The summed E-state index contributed by atoms with van der Waals surface area (Å²) in [5.41, 5.74) is 7.28. The smallest absolute Gasteiger partial charge is 0.0948 e. The molecule has 14 heavy (non-hydrogen) atoms. The summed E-state index contributed by atoms with van der Waals surface area (Å²) >= 11 is 0. The lowest BCUT2D eigenvalue weighted by Crippen LogP contribution is -2.06. The van der Waals surface area contributed by atoms with Gasteiger partial charge in [0.1, 0.15) is 0 Å². The van der Waals surface area contributed by atoms with Crippen LogP contribution >= 0.6 is 0 Å². The quantitative estimate of drug-likeness (QED) is 0.551. The molecule has 0 saturated heterocycles. The standard InChI is InChI=1S/C12H20N2/c1-5-6-11(14)7-10(9-13)8-12(2,3)4/h6-7H,5,8,14H2,1-4H3/b10-7+,11-6+. The van der Waals surface area contributed by atoms with Crippen LogP contribution < -0.4 is 5.73 Å². The van der Waals surface area contributed by atoms with E-state index in [1.807, 2.05) is 13.0 Å². The second-order valence-electron chi connectivity index (χ2n) is 4.63. The zero-order valence-electron chi connectivity index (χ0n) is 9.59. The molecule has 0 atom stereocenters. The van der Waals surface area contributed by atoms with E-state index < -0.39 is 0 Å². The van der Waals surface area contributed by atoms with Crippen molar-refractivity contribution in [3.63, 3.8) is 0 Å². The van der Waals surface area contributed by atoms with Crippen LogP contribution in [-0.2, 0) is 0 Å². The lowest BCUT2D eigenvalue weighted by molar-refractivity contribution is 0.414. The number of hydrogen-bond donors (Lipinski definition) is 1. The van der Waals surface area contributed by atoms with E-state index in [0.29, 0.717) is 5.70 Å². The highest BCUT2D eigenvalue weighted by Gasteiger charge is 2.12. The fourth-order valence-electron chi connectivity index (χ4n) is 1.19. The molecule has 0 aromatic carbocycles. The molecule has 2 heteroatoms. The van der Waals surface area contributed by atoms with Gasteiger partial charge < -0.3 is 5.73 Å². The van der Waals surface area contributed by atoms with Crippen molar-refractivity contribution in [2.75, 3.05) is 0 Å². The molecule has 0 aliphatic carbocycles. The Kier molecular flexibility index (Phi) is 5.01. The van der Waals surface area contributed by atoms with Gasteiger partial charge in [0, 0.05) is 11.3 Å². The zero-order valence-corrected chi connectivity index (χ0v) is 9.59. The van der Waals surface area contributed by atoms with Gasteiger partial charge in [-0.05, 0) is 24.3 Å². The summed E-state index contributed by atoms with van der Waals surface area (Å²) in [5, 5.41) is 8.91. The number of rotatable bonds is 3. The summed E-state index contributed by atoms with van der Waals surface area (Å²) in [6.45, 7) is 8.35. The Morgan fingerprint density at radius 1 is 1.43 bits per heavy atom. The minimum absolute atomic E-state index is 0.133. The third-order valence-corrected chi connectivity index (χ3v) is 1.65. The Morgan fingerprint density at radius 3 is 2.36 bits per heavy atom. The molecule has 0 aromatic rings. The molecule has 78 valence electrons. The van der Waals surface area contributed by atoms with Crippen LogP contribution in [0.1, 0.15) is 40.5 Å². The Hall–Kier alpha value is -1.23. The monoisotopic (exact) mass is 192 g/mol. The van der Waals surface area contributed by atoms with E-state index in [9.17, 15) is 0 Å². The lowest BCUT2D eigenvalue weighted by atomic mass is 9.88. The van der Waals surface area contributed by atoms with Crippen molar-refractivity contribution >= 4 is 0 Å². The lowest BCUT2D eigenvalue weighted by Gasteiger charge is -2.16. The predicted octanol–water partition coefficient (Wildman–Crippen LogP) is 3.13. The minimum atomic E-state index is 0.133. The molecule has 0 aliphatic heterocycles.